The number of aliphatic carboxylic acids is 1. The predicted molar refractivity (Wildman–Crippen MR) is 51.6 cm³/mol. The second-order valence-electron chi connectivity index (χ2n) is 4.68. The highest BCUT2D eigenvalue weighted by molar-refractivity contribution is 5.80. The van der Waals surface area contributed by atoms with E-state index in [1.807, 2.05) is 0 Å². The zero-order chi connectivity index (χ0) is 10.1. The Morgan fingerprint density at radius 3 is 2.46 bits per heavy atom. The smallest absolute Gasteiger partial charge is 0.323 e. The molecule has 1 fully saturated rings. The molecule has 3 nitrogen and oxygen atoms in total. The van der Waals surface area contributed by atoms with Gasteiger partial charge in [0.2, 0.25) is 0 Å². The molecule has 1 rings (SSSR count). The molecule has 1 saturated carbocycles. The molecule has 0 heterocycles. The monoisotopic (exact) mass is 185 g/mol. The molecule has 0 amide bonds. The molecule has 0 atom stereocenters. The van der Waals surface area contributed by atoms with Gasteiger partial charge in [-0.05, 0) is 31.2 Å². The third kappa shape index (κ3) is 2.21. The third-order valence-electron chi connectivity index (χ3n) is 2.65. The number of hydrogen-bond acceptors (Lipinski definition) is 2. The minimum atomic E-state index is -0.689. The van der Waals surface area contributed by atoms with Crippen LogP contribution in [0.15, 0.2) is 0 Å². The van der Waals surface area contributed by atoms with E-state index in [1.165, 1.54) is 0 Å². The summed E-state index contributed by atoms with van der Waals surface area (Å²) in [5.74, 6) is 0.370. The van der Waals surface area contributed by atoms with Crippen LogP contribution in [0.2, 0.25) is 0 Å². The van der Waals surface area contributed by atoms with E-state index in [0.717, 1.165) is 19.4 Å². The quantitative estimate of drug-likeness (QED) is 0.697. The van der Waals surface area contributed by atoms with Crippen molar-refractivity contribution in [1.82, 2.24) is 5.32 Å². The van der Waals surface area contributed by atoms with Crippen molar-refractivity contribution in [1.29, 1.82) is 0 Å². The molecule has 1 aliphatic carbocycles. The van der Waals surface area contributed by atoms with Crippen molar-refractivity contribution < 1.29 is 9.90 Å². The first kappa shape index (κ1) is 10.5. The standard InChI is InChI=1S/C10H19NO2/c1-7(2)6-11-10(9(12)13)4-8(3)5-10/h7-8,11H,4-6H2,1-3H3,(H,12,13). The first-order valence-electron chi connectivity index (χ1n) is 4.95. The number of carboxylic acid groups (broad SMARTS) is 1. The highest BCUT2D eigenvalue weighted by Crippen LogP contribution is 2.37. The highest BCUT2D eigenvalue weighted by Gasteiger charge is 2.48. The number of rotatable bonds is 4. The van der Waals surface area contributed by atoms with Crippen molar-refractivity contribution in [2.24, 2.45) is 11.8 Å². The molecule has 0 saturated heterocycles. The maximum atomic E-state index is 11.0. The fourth-order valence-electron chi connectivity index (χ4n) is 1.92. The number of hydrogen-bond donors (Lipinski definition) is 2. The summed E-state index contributed by atoms with van der Waals surface area (Å²) in [6.07, 6.45) is 1.55. The van der Waals surface area contributed by atoms with E-state index in [1.54, 1.807) is 0 Å². The fraction of sp³-hybridized carbons (Fsp3) is 0.900. The molecular weight excluding hydrogens is 166 g/mol. The van der Waals surface area contributed by atoms with Gasteiger partial charge in [-0.1, -0.05) is 20.8 Å². The Morgan fingerprint density at radius 2 is 2.15 bits per heavy atom. The summed E-state index contributed by atoms with van der Waals surface area (Å²) in [6, 6.07) is 0. The largest absolute Gasteiger partial charge is 0.480 e. The lowest BCUT2D eigenvalue weighted by Crippen LogP contribution is -2.60. The van der Waals surface area contributed by atoms with Gasteiger partial charge in [0.05, 0.1) is 0 Å². The summed E-state index contributed by atoms with van der Waals surface area (Å²) < 4.78 is 0. The first-order chi connectivity index (χ1) is 5.96. The van der Waals surface area contributed by atoms with Crippen LogP contribution in [0.4, 0.5) is 0 Å². The summed E-state index contributed by atoms with van der Waals surface area (Å²) in [7, 11) is 0. The normalized spacial score (nSPS) is 33.1. The molecule has 2 N–H and O–H groups in total. The molecule has 0 aromatic rings. The lowest BCUT2D eigenvalue weighted by atomic mass is 9.69. The van der Waals surface area contributed by atoms with Crippen LogP contribution in [0, 0.1) is 11.8 Å². The SMILES string of the molecule is CC(C)CNC1(C(=O)O)CC(C)C1. The van der Waals surface area contributed by atoms with Crippen molar-refractivity contribution in [3.8, 4) is 0 Å². The summed E-state index contributed by atoms with van der Waals surface area (Å²) >= 11 is 0. The van der Waals surface area contributed by atoms with Crippen LogP contribution < -0.4 is 5.32 Å². The van der Waals surface area contributed by atoms with Crippen LogP contribution in [0.3, 0.4) is 0 Å². The van der Waals surface area contributed by atoms with Crippen LogP contribution in [0.5, 0.6) is 0 Å². The van der Waals surface area contributed by atoms with E-state index in [4.69, 9.17) is 5.11 Å². The number of nitrogens with one attached hydrogen (secondary N) is 1. The van der Waals surface area contributed by atoms with Crippen LogP contribution >= 0.6 is 0 Å². The van der Waals surface area contributed by atoms with Crippen LogP contribution in [0.25, 0.3) is 0 Å². The summed E-state index contributed by atoms with van der Waals surface area (Å²) in [5.41, 5.74) is -0.607. The Balaban J connectivity index is 2.46. The Labute approximate surface area is 79.5 Å². The minimum Gasteiger partial charge on any atom is -0.480 e. The van der Waals surface area contributed by atoms with E-state index >= 15 is 0 Å². The molecule has 0 bridgehead atoms. The lowest BCUT2D eigenvalue weighted by molar-refractivity contribution is -0.151. The highest BCUT2D eigenvalue weighted by atomic mass is 16.4. The van der Waals surface area contributed by atoms with Gasteiger partial charge < -0.3 is 10.4 Å². The molecule has 0 spiro atoms. The molecule has 0 radical (unpaired) electrons. The van der Waals surface area contributed by atoms with Gasteiger partial charge >= 0.3 is 5.97 Å². The van der Waals surface area contributed by atoms with Crippen LogP contribution in [-0.4, -0.2) is 23.2 Å². The third-order valence-corrected chi connectivity index (χ3v) is 2.65. The Morgan fingerprint density at radius 1 is 1.62 bits per heavy atom. The van der Waals surface area contributed by atoms with Gasteiger partial charge in [-0.15, -0.1) is 0 Å². The van der Waals surface area contributed by atoms with Gasteiger partial charge in [-0.2, -0.15) is 0 Å². The van der Waals surface area contributed by atoms with E-state index in [-0.39, 0.29) is 0 Å². The molecular formula is C10H19NO2. The fourth-order valence-corrected chi connectivity index (χ4v) is 1.92. The number of carboxylic acids is 1. The van der Waals surface area contributed by atoms with Crippen LogP contribution in [0.1, 0.15) is 33.6 Å². The Kier molecular flexibility index (Phi) is 2.96. The summed E-state index contributed by atoms with van der Waals surface area (Å²) in [5, 5.41) is 12.2. The summed E-state index contributed by atoms with van der Waals surface area (Å²) in [6.45, 7) is 7.06. The molecule has 13 heavy (non-hydrogen) atoms. The van der Waals surface area contributed by atoms with E-state index in [0.29, 0.717) is 11.8 Å². The van der Waals surface area contributed by atoms with Crippen molar-refractivity contribution in [3.05, 3.63) is 0 Å². The van der Waals surface area contributed by atoms with Crippen molar-refractivity contribution in [3.63, 3.8) is 0 Å². The van der Waals surface area contributed by atoms with E-state index in [2.05, 4.69) is 26.1 Å². The maximum Gasteiger partial charge on any atom is 0.323 e. The zero-order valence-electron chi connectivity index (χ0n) is 8.63. The molecule has 0 aromatic carbocycles. The predicted octanol–water partition coefficient (Wildman–Crippen LogP) is 1.49. The Bertz CT molecular complexity index is 195. The van der Waals surface area contributed by atoms with Crippen LogP contribution in [-0.2, 0) is 4.79 Å². The van der Waals surface area contributed by atoms with Crippen molar-refractivity contribution in [2.45, 2.75) is 39.2 Å². The van der Waals surface area contributed by atoms with Crippen molar-refractivity contribution in [2.75, 3.05) is 6.54 Å². The van der Waals surface area contributed by atoms with E-state index < -0.39 is 11.5 Å². The maximum absolute atomic E-state index is 11.0. The molecule has 1 aliphatic rings. The Hall–Kier alpha value is -0.570. The second-order valence-corrected chi connectivity index (χ2v) is 4.68. The molecule has 76 valence electrons. The van der Waals surface area contributed by atoms with E-state index in [9.17, 15) is 4.79 Å². The van der Waals surface area contributed by atoms with Gasteiger partial charge in [0.1, 0.15) is 5.54 Å². The van der Waals surface area contributed by atoms with Gasteiger partial charge in [0.15, 0.2) is 0 Å². The number of carbonyl (C=O) groups is 1. The average molecular weight is 185 g/mol. The topological polar surface area (TPSA) is 49.3 Å². The lowest BCUT2D eigenvalue weighted by Gasteiger charge is -2.44. The average Bonchev–Trinajstić information content (AvgIpc) is 1.94. The van der Waals surface area contributed by atoms with Gasteiger partial charge in [-0.3, -0.25) is 4.79 Å². The first-order valence-corrected chi connectivity index (χ1v) is 4.95. The van der Waals surface area contributed by atoms with Gasteiger partial charge in [0, 0.05) is 0 Å². The van der Waals surface area contributed by atoms with Gasteiger partial charge in [0.25, 0.3) is 0 Å². The summed E-state index contributed by atoms with van der Waals surface area (Å²) in [4.78, 5) is 11.0. The minimum absolute atomic E-state index is 0.507. The molecule has 0 aliphatic heterocycles. The second kappa shape index (κ2) is 3.66. The molecule has 3 heteroatoms. The molecule has 0 aromatic heterocycles. The van der Waals surface area contributed by atoms with Crippen molar-refractivity contribution >= 4 is 5.97 Å². The zero-order valence-corrected chi connectivity index (χ0v) is 8.63. The molecule has 0 unspecified atom stereocenters. The van der Waals surface area contributed by atoms with Gasteiger partial charge in [-0.25, -0.2) is 0 Å².